The fourth-order valence-corrected chi connectivity index (χ4v) is 2.74. The fourth-order valence-electron chi connectivity index (χ4n) is 1.79. The number of anilines is 1. The summed E-state index contributed by atoms with van der Waals surface area (Å²) in [5, 5.41) is 26.6. The summed E-state index contributed by atoms with van der Waals surface area (Å²) in [6, 6.07) is 7.92. The molecule has 21 heavy (non-hydrogen) atoms. The van der Waals surface area contributed by atoms with Crippen LogP contribution in [0.5, 0.6) is 0 Å². The molecule has 2 N–H and O–H groups in total. The number of aromatic nitrogens is 5. The van der Waals surface area contributed by atoms with Crippen molar-refractivity contribution in [3.05, 3.63) is 35.2 Å². The molecule has 0 fully saturated rings. The van der Waals surface area contributed by atoms with Gasteiger partial charge in [-0.3, -0.25) is 0 Å². The second-order valence-corrected chi connectivity index (χ2v) is 5.31. The van der Waals surface area contributed by atoms with Crippen LogP contribution in [0, 0.1) is 11.3 Å². The van der Waals surface area contributed by atoms with E-state index in [1.54, 1.807) is 17.5 Å². The summed E-state index contributed by atoms with van der Waals surface area (Å²) in [7, 11) is 0. The van der Waals surface area contributed by atoms with Gasteiger partial charge in [0.1, 0.15) is 11.6 Å². The standard InChI is InChI=1S/C13H11N7S/c1-2-12-16-10-4-3-9(5-11(10)21-12)15-7-8(6-14)13-17-19-20-18-13/h3-5,7,15H,2H2,1H3,(H,17,18,19,20). The van der Waals surface area contributed by atoms with E-state index in [0.717, 1.165) is 27.3 Å². The number of fused-ring (bicyclic) bond motifs is 1. The lowest BCUT2D eigenvalue weighted by atomic mass is 10.2. The second kappa shape index (κ2) is 5.68. The van der Waals surface area contributed by atoms with Crippen molar-refractivity contribution in [2.75, 3.05) is 5.32 Å². The summed E-state index contributed by atoms with van der Waals surface area (Å²) < 4.78 is 1.11. The van der Waals surface area contributed by atoms with Crippen molar-refractivity contribution in [3.8, 4) is 6.07 Å². The molecule has 0 unspecified atom stereocenters. The predicted molar refractivity (Wildman–Crippen MR) is 80.4 cm³/mol. The highest BCUT2D eigenvalue weighted by Gasteiger charge is 2.06. The van der Waals surface area contributed by atoms with Gasteiger partial charge in [0.2, 0.25) is 5.82 Å². The summed E-state index contributed by atoms with van der Waals surface area (Å²) in [4.78, 5) is 4.51. The average Bonchev–Trinajstić information content (AvgIpc) is 3.16. The van der Waals surface area contributed by atoms with E-state index in [-0.39, 0.29) is 5.82 Å². The normalized spacial score (nSPS) is 11.5. The SMILES string of the molecule is CCc1nc2ccc(NC=C(C#N)c3nn[nH]n3)cc2s1. The van der Waals surface area contributed by atoms with Crippen molar-refractivity contribution in [3.63, 3.8) is 0 Å². The van der Waals surface area contributed by atoms with E-state index < -0.39 is 0 Å². The number of tetrazole rings is 1. The lowest BCUT2D eigenvalue weighted by Crippen LogP contribution is -1.92. The van der Waals surface area contributed by atoms with Crippen LogP contribution in [0.1, 0.15) is 17.8 Å². The molecule has 0 aliphatic heterocycles. The Hall–Kier alpha value is -2.79. The van der Waals surface area contributed by atoms with Crippen LogP contribution < -0.4 is 5.32 Å². The molecule has 0 bridgehead atoms. The van der Waals surface area contributed by atoms with Crippen molar-refractivity contribution in [1.82, 2.24) is 25.6 Å². The number of thiazole rings is 1. The van der Waals surface area contributed by atoms with Crippen molar-refractivity contribution >= 4 is 32.8 Å². The van der Waals surface area contributed by atoms with E-state index in [0.29, 0.717) is 5.57 Å². The highest BCUT2D eigenvalue weighted by molar-refractivity contribution is 7.18. The lowest BCUT2D eigenvalue weighted by Gasteiger charge is -2.00. The minimum Gasteiger partial charge on any atom is -0.360 e. The van der Waals surface area contributed by atoms with Gasteiger partial charge in [0.05, 0.1) is 15.2 Å². The first-order valence-corrected chi connectivity index (χ1v) is 7.12. The molecule has 8 heteroatoms. The van der Waals surface area contributed by atoms with Gasteiger partial charge >= 0.3 is 0 Å². The summed E-state index contributed by atoms with van der Waals surface area (Å²) in [6.07, 6.45) is 2.49. The van der Waals surface area contributed by atoms with Crippen molar-refractivity contribution in [1.29, 1.82) is 5.26 Å². The van der Waals surface area contributed by atoms with Crippen molar-refractivity contribution < 1.29 is 0 Å². The first-order valence-electron chi connectivity index (χ1n) is 6.30. The van der Waals surface area contributed by atoms with Crippen LogP contribution in [0.3, 0.4) is 0 Å². The number of hydrogen-bond donors (Lipinski definition) is 2. The fraction of sp³-hybridized carbons (Fsp3) is 0.154. The van der Waals surface area contributed by atoms with Crippen LogP contribution in [-0.2, 0) is 6.42 Å². The molecule has 0 amide bonds. The van der Waals surface area contributed by atoms with Crippen molar-refractivity contribution in [2.24, 2.45) is 0 Å². The zero-order chi connectivity index (χ0) is 14.7. The molecule has 0 aliphatic rings. The Balaban J connectivity index is 1.86. The van der Waals surface area contributed by atoms with Gasteiger partial charge in [-0.25, -0.2) is 4.98 Å². The smallest absolute Gasteiger partial charge is 0.216 e. The third-order valence-corrected chi connectivity index (χ3v) is 3.99. The Morgan fingerprint density at radius 1 is 1.52 bits per heavy atom. The maximum Gasteiger partial charge on any atom is 0.216 e. The molecule has 3 rings (SSSR count). The van der Waals surface area contributed by atoms with Crippen molar-refractivity contribution in [2.45, 2.75) is 13.3 Å². The number of aromatic amines is 1. The molecule has 0 atom stereocenters. The Morgan fingerprint density at radius 3 is 3.14 bits per heavy atom. The van der Waals surface area contributed by atoms with Gasteiger partial charge in [0.15, 0.2) is 0 Å². The number of rotatable bonds is 4. The van der Waals surface area contributed by atoms with E-state index in [4.69, 9.17) is 5.26 Å². The average molecular weight is 297 g/mol. The molecule has 0 spiro atoms. The Kier molecular flexibility index (Phi) is 3.57. The Bertz CT molecular complexity index is 826. The van der Waals surface area contributed by atoms with E-state index in [9.17, 15) is 0 Å². The van der Waals surface area contributed by atoms with Crippen LogP contribution in [0.4, 0.5) is 5.69 Å². The van der Waals surface area contributed by atoms with Gasteiger partial charge < -0.3 is 5.32 Å². The molecular weight excluding hydrogens is 286 g/mol. The van der Waals surface area contributed by atoms with Crippen LogP contribution in [-0.4, -0.2) is 25.6 Å². The van der Waals surface area contributed by atoms with Gasteiger partial charge in [-0.1, -0.05) is 6.92 Å². The second-order valence-electron chi connectivity index (χ2n) is 4.19. The zero-order valence-corrected chi connectivity index (χ0v) is 12.0. The number of benzene rings is 1. The van der Waals surface area contributed by atoms with E-state index >= 15 is 0 Å². The molecular formula is C13H11N7S. The minimum atomic E-state index is 0.261. The summed E-state index contributed by atoms with van der Waals surface area (Å²) in [6.45, 7) is 2.09. The molecule has 3 aromatic rings. The highest BCUT2D eigenvalue weighted by atomic mass is 32.1. The van der Waals surface area contributed by atoms with Gasteiger partial charge in [0.25, 0.3) is 0 Å². The molecule has 2 heterocycles. The summed E-state index contributed by atoms with van der Waals surface area (Å²) in [5.74, 6) is 0.261. The minimum absolute atomic E-state index is 0.261. The van der Waals surface area contributed by atoms with E-state index in [1.165, 1.54) is 0 Å². The number of nitriles is 1. The number of hydrogen-bond acceptors (Lipinski definition) is 7. The Morgan fingerprint density at radius 2 is 2.43 bits per heavy atom. The molecule has 2 aromatic heterocycles. The molecule has 0 saturated carbocycles. The monoisotopic (exact) mass is 297 g/mol. The maximum absolute atomic E-state index is 9.09. The summed E-state index contributed by atoms with van der Waals surface area (Å²) in [5.41, 5.74) is 2.18. The number of H-pyrrole nitrogens is 1. The maximum atomic E-state index is 9.09. The third-order valence-electron chi connectivity index (χ3n) is 2.83. The molecule has 0 radical (unpaired) electrons. The molecule has 7 nitrogen and oxygen atoms in total. The van der Waals surface area contributed by atoms with Crippen LogP contribution in [0.25, 0.3) is 15.8 Å². The molecule has 1 aromatic carbocycles. The van der Waals surface area contributed by atoms with Crippen LogP contribution >= 0.6 is 11.3 Å². The Labute approximate surface area is 124 Å². The van der Waals surface area contributed by atoms with Gasteiger partial charge in [-0.15, -0.1) is 21.5 Å². The lowest BCUT2D eigenvalue weighted by molar-refractivity contribution is 0.881. The first-order chi connectivity index (χ1) is 10.3. The number of nitrogens with one attached hydrogen (secondary N) is 2. The topological polar surface area (TPSA) is 103 Å². The van der Waals surface area contributed by atoms with Gasteiger partial charge in [-0.2, -0.15) is 10.5 Å². The predicted octanol–water partition coefficient (Wildman–Crippen LogP) is 2.35. The molecule has 0 saturated heterocycles. The molecule has 0 aliphatic carbocycles. The highest BCUT2D eigenvalue weighted by Crippen LogP contribution is 2.25. The summed E-state index contributed by atoms with van der Waals surface area (Å²) >= 11 is 1.67. The number of aryl methyl sites for hydroxylation is 1. The van der Waals surface area contributed by atoms with Gasteiger partial charge in [0, 0.05) is 11.9 Å². The van der Waals surface area contributed by atoms with E-state index in [1.807, 2.05) is 24.3 Å². The molecule has 104 valence electrons. The van der Waals surface area contributed by atoms with Gasteiger partial charge in [-0.05, 0) is 29.8 Å². The van der Waals surface area contributed by atoms with Crippen LogP contribution in [0.2, 0.25) is 0 Å². The van der Waals surface area contributed by atoms with E-state index in [2.05, 4.69) is 37.8 Å². The van der Waals surface area contributed by atoms with Crippen LogP contribution in [0.15, 0.2) is 24.4 Å². The number of allylic oxidation sites excluding steroid dienone is 1. The third kappa shape index (κ3) is 2.73. The zero-order valence-electron chi connectivity index (χ0n) is 11.2. The first kappa shape index (κ1) is 13.2. The quantitative estimate of drug-likeness (QED) is 0.716. The largest absolute Gasteiger partial charge is 0.360 e. The number of nitrogens with zero attached hydrogens (tertiary/aromatic N) is 5.